The van der Waals surface area contributed by atoms with Gasteiger partial charge in [-0.2, -0.15) is 0 Å². The number of carbonyl (C=O) groups excluding carboxylic acids is 1. The lowest BCUT2D eigenvalue weighted by atomic mass is 9.91. The number of carbonyl (C=O) groups is 1. The van der Waals surface area contributed by atoms with E-state index in [4.69, 9.17) is 14.6 Å². The van der Waals surface area contributed by atoms with E-state index in [-0.39, 0.29) is 25.8 Å². The van der Waals surface area contributed by atoms with E-state index < -0.39 is 0 Å². The van der Waals surface area contributed by atoms with E-state index in [1.54, 1.807) is 12.1 Å². The Hall–Kier alpha value is -3.11. The monoisotopic (exact) mass is 390 g/mol. The van der Waals surface area contributed by atoms with Crippen LogP contribution in [0.5, 0.6) is 5.75 Å². The van der Waals surface area contributed by atoms with Crippen molar-refractivity contribution in [2.75, 3.05) is 13.2 Å². The lowest BCUT2D eigenvalue weighted by molar-refractivity contribution is 0.0472. The zero-order valence-electron chi connectivity index (χ0n) is 17.1. The summed E-state index contributed by atoms with van der Waals surface area (Å²) in [6.07, 6.45) is 0. The van der Waals surface area contributed by atoms with Gasteiger partial charge in [0.2, 0.25) is 0 Å². The number of aliphatic hydroxyl groups excluding tert-OH is 1. The van der Waals surface area contributed by atoms with E-state index in [1.165, 1.54) is 0 Å². The molecule has 3 aromatic rings. The molecule has 150 valence electrons. The highest BCUT2D eigenvalue weighted by Gasteiger charge is 2.14. The van der Waals surface area contributed by atoms with Gasteiger partial charge in [0.1, 0.15) is 19.0 Å². The summed E-state index contributed by atoms with van der Waals surface area (Å²) in [7, 11) is 0. The Bertz CT molecular complexity index is 976. The lowest BCUT2D eigenvalue weighted by Crippen LogP contribution is -2.06. The number of benzene rings is 3. The Morgan fingerprint density at radius 2 is 1.62 bits per heavy atom. The highest BCUT2D eigenvalue weighted by molar-refractivity contribution is 5.90. The number of aryl methyl sites for hydroxylation is 1. The number of hydrogen-bond acceptors (Lipinski definition) is 4. The van der Waals surface area contributed by atoms with Crippen LogP contribution in [0.2, 0.25) is 0 Å². The molecule has 0 aliphatic rings. The van der Waals surface area contributed by atoms with Crippen molar-refractivity contribution in [1.82, 2.24) is 0 Å². The second-order valence-electron chi connectivity index (χ2n) is 7.03. The molecule has 0 heterocycles. The van der Waals surface area contributed by atoms with Crippen LogP contribution in [0.15, 0.2) is 60.7 Å². The Morgan fingerprint density at radius 3 is 2.28 bits per heavy atom. The van der Waals surface area contributed by atoms with Crippen molar-refractivity contribution in [1.29, 1.82) is 0 Å². The first-order valence-electron chi connectivity index (χ1n) is 9.67. The van der Waals surface area contributed by atoms with E-state index in [1.807, 2.05) is 62.4 Å². The van der Waals surface area contributed by atoms with Crippen molar-refractivity contribution in [3.63, 3.8) is 0 Å². The molecule has 0 saturated heterocycles. The predicted molar refractivity (Wildman–Crippen MR) is 114 cm³/mol. The van der Waals surface area contributed by atoms with Crippen molar-refractivity contribution in [2.24, 2.45) is 0 Å². The van der Waals surface area contributed by atoms with Gasteiger partial charge in [-0.1, -0.05) is 42.5 Å². The third kappa shape index (κ3) is 4.84. The first kappa shape index (κ1) is 20.6. The molecule has 0 aliphatic heterocycles. The highest BCUT2D eigenvalue weighted by atomic mass is 16.5. The molecule has 0 aromatic heterocycles. The van der Waals surface area contributed by atoms with Crippen LogP contribution in [0.4, 0.5) is 0 Å². The standard InChI is InChI=1S/C25H26O4/c1-17-15-23(28-14-13-26)18(2)19(3)24(17)21-9-11-22(12-10-21)25(27)29-16-20-7-5-4-6-8-20/h4-12,15,26H,13-14,16H2,1-3H3. The van der Waals surface area contributed by atoms with Gasteiger partial charge in [0.25, 0.3) is 0 Å². The molecular formula is C25H26O4. The van der Waals surface area contributed by atoms with Crippen LogP contribution in [0.25, 0.3) is 11.1 Å². The summed E-state index contributed by atoms with van der Waals surface area (Å²) in [5, 5.41) is 9.00. The molecule has 0 spiro atoms. The zero-order chi connectivity index (χ0) is 20.8. The van der Waals surface area contributed by atoms with Crippen LogP contribution in [0.1, 0.15) is 32.6 Å². The van der Waals surface area contributed by atoms with Crippen molar-refractivity contribution >= 4 is 5.97 Å². The number of esters is 1. The lowest BCUT2D eigenvalue weighted by Gasteiger charge is -2.17. The maximum absolute atomic E-state index is 12.3. The van der Waals surface area contributed by atoms with Gasteiger partial charge in [0.05, 0.1) is 12.2 Å². The predicted octanol–water partition coefficient (Wildman–Crippen LogP) is 5.01. The van der Waals surface area contributed by atoms with Crippen LogP contribution >= 0.6 is 0 Å². The molecule has 0 atom stereocenters. The highest BCUT2D eigenvalue weighted by Crippen LogP contribution is 2.34. The summed E-state index contributed by atoms with van der Waals surface area (Å²) < 4.78 is 11.0. The van der Waals surface area contributed by atoms with Crippen LogP contribution in [0, 0.1) is 20.8 Å². The summed E-state index contributed by atoms with van der Waals surface area (Å²) in [6, 6.07) is 19.1. The average molecular weight is 390 g/mol. The minimum atomic E-state index is -0.335. The summed E-state index contributed by atoms with van der Waals surface area (Å²) in [6.45, 7) is 6.63. The summed E-state index contributed by atoms with van der Waals surface area (Å²) in [5.41, 5.74) is 6.91. The fourth-order valence-electron chi connectivity index (χ4n) is 3.37. The molecule has 0 bridgehead atoms. The van der Waals surface area contributed by atoms with Crippen LogP contribution in [0.3, 0.4) is 0 Å². The molecule has 29 heavy (non-hydrogen) atoms. The molecule has 0 radical (unpaired) electrons. The second kappa shape index (κ2) is 9.39. The Kier molecular flexibility index (Phi) is 6.68. The summed E-state index contributed by atoms with van der Waals surface area (Å²) >= 11 is 0. The van der Waals surface area contributed by atoms with E-state index in [9.17, 15) is 4.79 Å². The largest absolute Gasteiger partial charge is 0.491 e. The third-order valence-electron chi connectivity index (χ3n) is 5.02. The maximum Gasteiger partial charge on any atom is 0.338 e. The Morgan fingerprint density at radius 1 is 0.931 bits per heavy atom. The normalized spacial score (nSPS) is 10.6. The van der Waals surface area contributed by atoms with Crippen molar-refractivity contribution in [2.45, 2.75) is 27.4 Å². The van der Waals surface area contributed by atoms with Gasteiger partial charge in [-0.05, 0) is 72.4 Å². The zero-order valence-corrected chi connectivity index (χ0v) is 17.1. The van der Waals surface area contributed by atoms with Gasteiger partial charge in [-0.3, -0.25) is 0 Å². The second-order valence-corrected chi connectivity index (χ2v) is 7.03. The molecule has 0 aliphatic carbocycles. The van der Waals surface area contributed by atoms with Gasteiger partial charge in [0.15, 0.2) is 0 Å². The number of rotatable bonds is 7. The van der Waals surface area contributed by atoms with Crippen molar-refractivity contribution in [3.8, 4) is 16.9 Å². The van der Waals surface area contributed by atoms with E-state index >= 15 is 0 Å². The molecular weight excluding hydrogens is 364 g/mol. The Balaban J connectivity index is 1.77. The minimum absolute atomic E-state index is 0.0128. The van der Waals surface area contributed by atoms with Gasteiger partial charge in [-0.25, -0.2) is 4.79 Å². The summed E-state index contributed by atoms with van der Waals surface area (Å²) in [4.78, 5) is 12.3. The van der Waals surface area contributed by atoms with E-state index in [0.717, 1.165) is 39.1 Å². The fraction of sp³-hybridized carbons (Fsp3) is 0.240. The van der Waals surface area contributed by atoms with Gasteiger partial charge in [-0.15, -0.1) is 0 Å². The van der Waals surface area contributed by atoms with Crippen molar-refractivity contribution < 1.29 is 19.4 Å². The average Bonchev–Trinajstić information content (AvgIpc) is 2.75. The first-order valence-corrected chi connectivity index (χ1v) is 9.67. The Labute approximate surface area is 171 Å². The fourth-order valence-corrected chi connectivity index (χ4v) is 3.37. The first-order chi connectivity index (χ1) is 14.0. The molecule has 3 aromatic carbocycles. The molecule has 4 nitrogen and oxygen atoms in total. The SMILES string of the molecule is Cc1cc(OCCO)c(C)c(C)c1-c1ccc(C(=O)OCc2ccccc2)cc1. The van der Waals surface area contributed by atoms with Crippen LogP contribution in [-0.4, -0.2) is 24.3 Å². The quantitative estimate of drug-likeness (QED) is 0.577. The van der Waals surface area contributed by atoms with Crippen LogP contribution in [-0.2, 0) is 11.3 Å². The van der Waals surface area contributed by atoms with E-state index in [0.29, 0.717) is 5.56 Å². The van der Waals surface area contributed by atoms with Gasteiger partial charge >= 0.3 is 5.97 Å². The number of ether oxygens (including phenoxy) is 2. The van der Waals surface area contributed by atoms with Gasteiger partial charge in [0, 0.05) is 0 Å². The molecule has 0 unspecified atom stereocenters. The maximum atomic E-state index is 12.3. The third-order valence-corrected chi connectivity index (χ3v) is 5.02. The topological polar surface area (TPSA) is 55.8 Å². The minimum Gasteiger partial charge on any atom is -0.491 e. The smallest absolute Gasteiger partial charge is 0.338 e. The molecule has 0 fully saturated rings. The number of aliphatic hydroxyl groups is 1. The molecule has 3 rings (SSSR count). The molecule has 0 amide bonds. The van der Waals surface area contributed by atoms with Crippen molar-refractivity contribution in [3.05, 3.63) is 88.5 Å². The molecule has 1 N–H and O–H groups in total. The molecule has 4 heteroatoms. The van der Waals surface area contributed by atoms with Gasteiger partial charge < -0.3 is 14.6 Å². The molecule has 0 saturated carbocycles. The van der Waals surface area contributed by atoms with Crippen LogP contribution < -0.4 is 4.74 Å². The summed E-state index contributed by atoms with van der Waals surface area (Å²) in [5.74, 6) is 0.455. The number of hydrogen-bond donors (Lipinski definition) is 1. The van der Waals surface area contributed by atoms with E-state index in [2.05, 4.69) is 6.92 Å².